The molecule has 0 bridgehead atoms. The largest absolute Gasteiger partial charge is 0.497 e. The van der Waals surface area contributed by atoms with Crippen LogP contribution in [0.5, 0.6) is 5.75 Å². The molecule has 1 saturated heterocycles. The van der Waals surface area contributed by atoms with E-state index in [0.29, 0.717) is 11.1 Å². The Bertz CT molecular complexity index is 884. The molecule has 0 aliphatic carbocycles. The number of carbonyl (C=O) groups is 2. The monoisotopic (exact) mass is 419 g/mol. The van der Waals surface area contributed by atoms with Crippen LogP contribution in [0, 0.1) is 0 Å². The van der Waals surface area contributed by atoms with E-state index in [1.807, 2.05) is 24.3 Å². The van der Waals surface area contributed by atoms with Gasteiger partial charge in [0.2, 0.25) is 0 Å². The lowest BCUT2D eigenvalue weighted by Crippen LogP contribution is -2.51. The normalized spacial score (nSPS) is 17.2. The second-order valence-electron chi connectivity index (χ2n) is 6.79. The zero-order valence-corrected chi connectivity index (χ0v) is 16.8. The Kier molecular flexibility index (Phi) is 5.19. The number of anilines is 1. The highest BCUT2D eigenvalue weighted by Gasteiger charge is 2.37. The minimum atomic E-state index is -0.323. The van der Waals surface area contributed by atoms with Gasteiger partial charge in [-0.15, -0.1) is 0 Å². The van der Waals surface area contributed by atoms with Gasteiger partial charge in [0.25, 0.3) is 11.8 Å². The first-order chi connectivity index (χ1) is 13.5. The molecular formula is C20H19Cl2N3O3. The standard InChI is InChI=1S/C20H19Cl2N3O3/c1-28-14-4-2-13(3-5-14)24-8-6-23(7-9-24)12-25-19(26)15-10-17(21)18(22)11-16(15)20(25)27/h2-5,10-11H,6-9,12H2,1H3. The lowest BCUT2D eigenvalue weighted by Gasteiger charge is -2.37. The van der Waals surface area contributed by atoms with Gasteiger partial charge in [-0.2, -0.15) is 0 Å². The predicted octanol–water partition coefficient (Wildman–Crippen LogP) is 3.38. The van der Waals surface area contributed by atoms with E-state index in [1.165, 1.54) is 17.0 Å². The van der Waals surface area contributed by atoms with Crippen LogP contribution in [0.1, 0.15) is 20.7 Å². The molecule has 8 heteroatoms. The quantitative estimate of drug-likeness (QED) is 0.710. The van der Waals surface area contributed by atoms with Gasteiger partial charge in [0.05, 0.1) is 35.0 Å². The molecule has 0 radical (unpaired) electrons. The van der Waals surface area contributed by atoms with Crippen molar-refractivity contribution >= 4 is 40.7 Å². The van der Waals surface area contributed by atoms with Gasteiger partial charge in [0.15, 0.2) is 0 Å². The van der Waals surface area contributed by atoms with Crippen molar-refractivity contribution in [3.05, 3.63) is 57.6 Å². The smallest absolute Gasteiger partial charge is 0.262 e. The fourth-order valence-corrected chi connectivity index (χ4v) is 3.88. The minimum Gasteiger partial charge on any atom is -0.497 e. The maximum Gasteiger partial charge on any atom is 0.262 e. The molecule has 2 aromatic carbocycles. The van der Waals surface area contributed by atoms with E-state index >= 15 is 0 Å². The first-order valence-electron chi connectivity index (χ1n) is 8.94. The van der Waals surface area contributed by atoms with E-state index < -0.39 is 0 Å². The number of fused-ring (bicyclic) bond motifs is 1. The van der Waals surface area contributed by atoms with Gasteiger partial charge in [-0.3, -0.25) is 19.4 Å². The summed E-state index contributed by atoms with van der Waals surface area (Å²) in [6.45, 7) is 3.39. The van der Waals surface area contributed by atoms with Crippen LogP contribution in [0.2, 0.25) is 10.0 Å². The summed E-state index contributed by atoms with van der Waals surface area (Å²) < 4.78 is 5.20. The van der Waals surface area contributed by atoms with Crippen LogP contribution in [-0.4, -0.2) is 61.6 Å². The van der Waals surface area contributed by atoms with Crippen LogP contribution in [-0.2, 0) is 0 Å². The Labute approximate surface area is 173 Å². The fourth-order valence-electron chi connectivity index (χ4n) is 3.55. The number of nitrogens with zero attached hydrogens (tertiary/aromatic N) is 3. The number of carbonyl (C=O) groups excluding carboxylic acids is 2. The van der Waals surface area contributed by atoms with Crippen molar-refractivity contribution < 1.29 is 14.3 Å². The van der Waals surface area contributed by atoms with Gasteiger partial charge in [-0.25, -0.2) is 0 Å². The van der Waals surface area contributed by atoms with Crippen molar-refractivity contribution in [3.8, 4) is 5.75 Å². The molecule has 0 aromatic heterocycles. The molecular weight excluding hydrogens is 401 g/mol. The number of rotatable bonds is 4. The summed E-state index contributed by atoms with van der Waals surface area (Å²) in [7, 11) is 1.65. The minimum absolute atomic E-state index is 0.262. The maximum absolute atomic E-state index is 12.6. The van der Waals surface area contributed by atoms with E-state index in [9.17, 15) is 9.59 Å². The highest BCUT2D eigenvalue weighted by molar-refractivity contribution is 6.43. The molecule has 0 spiro atoms. The van der Waals surface area contributed by atoms with Crippen molar-refractivity contribution in [3.63, 3.8) is 0 Å². The van der Waals surface area contributed by atoms with E-state index in [2.05, 4.69) is 9.80 Å². The van der Waals surface area contributed by atoms with Gasteiger partial charge in [-0.1, -0.05) is 23.2 Å². The van der Waals surface area contributed by atoms with E-state index in [4.69, 9.17) is 27.9 Å². The van der Waals surface area contributed by atoms with Crippen molar-refractivity contribution in [2.75, 3.05) is 44.9 Å². The van der Waals surface area contributed by atoms with E-state index in [0.717, 1.165) is 37.6 Å². The Morgan fingerprint density at radius 3 is 1.93 bits per heavy atom. The summed E-state index contributed by atoms with van der Waals surface area (Å²) in [6.07, 6.45) is 0. The topological polar surface area (TPSA) is 53.1 Å². The van der Waals surface area contributed by atoms with Crippen LogP contribution < -0.4 is 9.64 Å². The first kappa shape index (κ1) is 19.1. The van der Waals surface area contributed by atoms with E-state index in [1.54, 1.807) is 7.11 Å². The molecule has 2 aliphatic heterocycles. The zero-order valence-electron chi connectivity index (χ0n) is 15.3. The number of amides is 2. The molecule has 28 heavy (non-hydrogen) atoms. The second kappa shape index (κ2) is 7.62. The summed E-state index contributed by atoms with van der Waals surface area (Å²) in [4.78, 5) is 30.9. The highest BCUT2D eigenvalue weighted by atomic mass is 35.5. The van der Waals surface area contributed by atoms with Crippen molar-refractivity contribution in [2.45, 2.75) is 0 Å². The number of imide groups is 1. The lowest BCUT2D eigenvalue weighted by atomic mass is 10.1. The zero-order chi connectivity index (χ0) is 19.8. The average molecular weight is 420 g/mol. The molecule has 0 saturated carbocycles. The number of piperazine rings is 1. The predicted molar refractivity (Wildman–Crippen MR) is 109 cm³/mol. The SMILES string of the molecule is COc1ccc(N2CCN(CN3C(=O)c4cc(Cl)c(Cl)cc4C3=O)CC2)cc1. The third-order valence-corrected chi connectivity index (χ3v) is 5.89. The number of halogens is 2. The molecule has 146 valence electrons. The van der Waals surface area contributed by atoms with Crippen LogP contribution in [0.15, 0.2) is 36.4 Å². The van der Waals surface area contributed by atoms with Gasteiger partial charge in [-0.05, 0) is 36.4 Å². The molecule has 2 aliphatic rings. The number of ether oxygens (including phenoxy) is 1. The Hall–Kier alpha value is -2.28. The molecule has 2 aromatic rings. The number of methoxy groups -OCH3 is 1. The Morgan fingerprint density at radius 1 is 0.893 bits per heavy atom. The van der Waals surface area contributed by atoms with Crippen LogP contribution in [0.4, 0.5) is 5.69 Å². The van der Waals surface area contributed by atoms with Crippen LogP contribution in [0.25, 0.3) is 0 Å². The Balaban J connectivity index is 1.40. The van der Waals surface area contributed by atoms with Gasteiger partial charge < -0.3 is 9.64 Å². The molecule has 2 amide bonds. The first-order valence-corrected chi connectivity index (χ1v) is 9.70. The molecule has 4 rings (SSSR count). The van der Waals surface area contributed by atoms with Gasteiger partial charge >= 0.3 is 0 Å². The third-order valence-electron chi connectivity index (χ3n) is 5.16. The molecule has 1 fully saturated rings. The summed E-state index contributed by atoms with van der Waals surface area (Å²) in [6, 6.07) is 10.9. The molecule has 0 N–H and O–H groups in total. The maximum atomic E-state index is 12.6. The molecule has 0 unspecified atom stereocenters. The summed E-state index contributed by atoms with van der Waals surface area (Å²) in [5, 5.41) is 0.549. The average Bonchev–Trinajstić information content (AvgIpc) is 2.93. The fraction of sp³-hybridized carbons (Fsp3) is 0.300. The molecule has 2 heterocycles. The van der Waals surface area contributed by atoms with Crippen molar-refractivity contribution in [2.24, 2.45) is 0 Å². The molecule has 0 atom stereocenters. The lowest BCUT2D eigenvalue weighted by molar-refractivity contribution is 0.0535. The second-order valence-corrected chi connectivity index (χ2v) is 7.61. The number of hydrogen-bond acceptors (Lipinski definition) is 5. The highest BCUT2D eigenvalue weighted by Crippen LogP contribution is 2.31. The van der Waals surface area contributed by atoms with Crippen molar-refractivity contribution in [1.82, 2.24) is 9.80 Å². The van der Waals surface area contributed by atoms with Crippen molar-refractivity contribution in [1.29, 1.82) is 0 Å². The Morgan fingerprint density at radius 2 is 1.43 bits per heavy atom. The van der Waals surface area contributed by atoms with E-state index in [-0.39, 0.29) is 28.5 Å². The van der Waals surface area contributed by atoms with Gasteiger partial charge in [0, 0.05) is 31.9 Å². The third kappa shape index (κ3) is 3.43. The summed E-state index contributed by atoms with van der Waals surface area (Å²) in [5.41, 5.74) is 1.76. The van der Waals surface area contributed by atoms with Crippen LogP contribution in [0.3, 0.4) is 0 Å². The summed E-state index contributed by atoms with van der Waals surface area (Å²) >= 11 is 12.0. The van der Waals surface area contributed by atoms with Gasteiger partial charge in [0.1, 0.15) is 5.75 Å². The number of hydrogen-bond donors (Lipinski definition) is 0. The summed E-state index contributed by atoms with van der Waals surface area (Å²) in [5.74, 6) is 0.181. The number of benzene rings is 2. The van der Waals surface area contributed by atoms with Crippen LogP contribution >= 0.6 is 23.2 Å². The molecule has 6 nitrogen and oxygen atoms in total.